The number of imide groups is 1. The third-order valence-corrected chi connectivity index (χ3v) is 4.73. The number of benzene rings is 2. The number of carbonyl (C=O) groups is 2. The molecule has 8 nitrogen and oxygen atoms in total. The predicted molar refractivity (Wildman–Crippen MR) is 97.3 cm³/mol. The maximum absolute atomic E-state index is 13.1. The van der Waals surface area contributed by atoms with Crippen molar-refractivity contribution in [2.45, 2.75) is 19.0 Å². The van der Waals surface area contributed by atoms with Crippen LogP contribution < -0.4 is 5.32 Å². The molecule has 1 saturated heterocycles. The molecule has 1 aliphatic heterocycles. The van der Waals surface area contributed by atoms with Crippen molar-refractivity contribution >= 4 is 11.9 Å². The molecule has 0 aliphatic carbocycles. The molecule has 4 rings (SSSR count). The number of hydrogen-bond donors (Lipinski definition) is 1. The third-order valence-electron chi connectivity index (χ3n) is 4.73. The molecule has 1 aromatic heterocycles. The van der Waals surface area contributed by atoms with Crippen LogP contribution in [0, 0.1) is 17.1 Å². The first-order valence-corrected chi connectivity index (χ1v) is 8.64. The second-order valence-corrected chi connectivity index (χ2v) is 6.65. The molecule has 144 valence electrons. The molecule has 3 amide bonds. The van der Waals surface area contributed by atoms with E-state index in [9.17, 15) is 14.0 Å². The average molecular weight is 391 g/mol. The topological polar surface area (TPSA) is 112 Å². The van der Waals surface area contributed by atoms with Gasteiger partial charge in [-0.05, 0) is 48.9 Å². The minimum absolute atomic E-state index is 0.0666. The quantitative estimate of drug-likeness (QED) is 0.685. The van der Waals surface area contributed by atoms with E-state index in [4.69, 9.17) is 9.78 Å². The second kappa shape index (κ2) is 6.83. The normalized spacial score (nSPS) is 18.6. The fourth-order valence-corrected chi connectivity index (χ4v) is 3.08. The molecule has 1 unspecified atom stereocenters. The fourth-order valence-electron chi connectivity index (χ4n) is 3.08. The van der Waals surface area contributed by atoms with E-state index < -0.39 is 17.5 Å². The van der Waals surface area contributed by atoms with Gasteiger partial charge in [0.25, 0.3) is 5.91 Å². The lowest BCUT2D eigenvalue weighted by atomic mass is 9.91. The number of nitriles is 1. The van der Waals surface area contributed by atoms with Crippen molar-refractivity contribution in [2.24, 2.45) is 0 Å². The van der Waals surface area contributed by atoms with Gasteiger partial charge in [0.2, 0.25) is 11.7 Å². The van der Waals surface area contributed by atoms with Crippen LogP contribution in [0.5, 0.6) is 0 Å². The molecular formula is C20H14FN5O3. The number of amides is 3. The number of halogens is 1. The van der Waals surface area contributed by atoms with Crippen LogP contribution in [0.3, 0.4) is 0 Å². The Morgan fingerprint density at radius 1 is 1.17 bits per heavy atom. The van der Waals surface area contributed by atoms with Gasteiger partial charge in [-0.1, -0.05) is 17.3 Å². The van der Waals surface area contributed by atoms with E-state index in [1.807, 2.05) is 6.07 Å². The summed E-state index contributed by atoms with van der Waals surface area (Å²) in [6.45, 7) is 1.39. The van der Waals surface area contributed by atoms with Crippen molar-refractivity contribution < 1.29 is 18.5 Å². The van der Waals surface area contributed by atoms with E-state index in [1.54, 1.807) is 31.2 Å². The molecule has 1 aliphatic rings. The number of nitrogens with zero attached hydrogens (tertiary/aromatic N) is 4. The van der Waals surface area contributed by atoms with Crippen molar-refractivity contribution in [3.63, 3.8) is 0 Å². The zero-order valence-electron chi connectivity index (χ0n) is 15.2. The van der Waals surface area contributed by atoms with Crippen molar-refractivity contribution in [2.75, 3.05) is 0 Å². The molecular weight excluding hydrogens is 377 g/mol. The van der Waals surface area contributed by atoms with E-state index in [0.29, 0.717) is 16.7 Å². The summed E-state index contributed by atoms with van der Waals surface area (Å²) >= 11 is 0. The van der Waals surface area contributed by atoms with Crippen molar-refractivity contribution in [1.29, 1.82) is 5.26 Å². The van der Waals surface area contributed by atoms with Crippen LogP contribution in [0.15, 0.2) is 53.1 Å². The highest BCUT2D eigenvalue weighted by Gasteiger charge is 2.49. The Kier molecular flexibility index (Phi) is 4.31. The van der Waals surface area contributed by atoms with Crippen LogP contribution in [0.4, 0.5) is 9.18 Å². The Labute approximate surface area is 164 Å². The first-order chi connectivity index (χ1) is 13.9. The van der Waals surface area contributed by atoms with Gasteiger partial charge in [-0.15, -0.1) is 0 Å². The first-order valence-electron chi connectivity index (χ1n) is 8.64. The number of hydrogen-bond acceptors (Lipinski definition) is 6. The second-order valence-electron chi connectivity index (χ2n) is 6.65. The molecule has 0 spiro atoms. The Morgan fingerprint density at radius 3 is 2.52 bits per heavy atom. The van der Waals surface area contributed by atoms with Gasteiger partial charge in [0.1, 0.15) is 17.9 Å². The number of urea groups is 1. The highest BCUT2D eigenvalue weighted by Crippen LogP contribution is 2.30. The van der Waals surface area contributed by atoms with Gasteiger partial charge < -0.3 is 9.84 Å². The number of carbonyl (C=O) groups excluding carboxylic acids is 2. The summed E-state index contributed by atoms with van der Waals surface area (Å²) in [7, 11) is 0. The standard InChI is InChI=1S/C20H14FN5O3/c1-20(14-6-2-12(10-22)3-7-14)18(27)26(19(28)24-20)11-16-23-17(25-29-16)13-4-8-15(21)9-5-13/h2-9H,11H2,1H3,(H,24,28). The lowest BCUT2D eigenvalue weighted by molar-refractivity contribution is -0.131. The fraction of sp³-hybridized carbons (Fsp3) is 0.150. The zero-order chi connectivity index (χ0) is 20.6. The molecule has 0 radical (unpaired) electrons. The molecule has 1 N–H and O–H groups in total. The van der Waals surface area contributed by atoms with Crippen molar-refractivity contribution in [3.8, 4) is 17.5 Å². The van der Waals surface area contributed by atoms with Crippen LogP contribution in [0.2, 0.25) is 0 Å². The van der Waals surface area contributed by atoms with E-state index in [0.717, 1.165) is 4.90 Å². The first kappa shape index (κ1) is 18.3. The minimum atomic E-state index is -1.27. The molecule has 3 aromatic rings. The SMILES string of the molecule is CC1(c2ccc(C#N)cc2)NC(=O)N(Cc2nc(-c3ccc(F)cc3)no2)C1=O. The Bertz CT molecular complexity index is 1130. The number of rotatable bonds is 4. The maximum atomic E-state index is 13.1. The number of nitrogens with one attached hydrogen (secondary N) is 1. The van der Waals surface area contributed by atoms with E-state index in [2.05, 4.69) is 15.5 Å². The molecule has 1 fully saturated rings. The van der Waals surface area contributed by atoms with Gasteiger partial charge in [-0.25, -0.2) is 9.18 Å². The maximum Gasteiger partial charge on any atom is 0.325 e. The summed E-state index contributed by atoms with van der Waals surface area (Å²) in [6.07, 6.45) is 0. The summed E-state index contributed by atoms with van der Waals surface area (Å²) in [5, 5.41) is 15.4. The van der Waals surface area contributed by atoms with Gasteiger partial charge in [-0.3, -0.25) is 9.69 Å². The van der Waals surface area contributed by atoms with Gasteiger partial charge in [0.15, 0.2) is 0 Å². The highest BCUT2D eigenvalue weighted by molar-refractivity contribution is 6.07. The van der Waals surface area contributed by atoms with Gasteiger partial charge in [-0.2, -0.15) is 10.2 Å². The molecule has 2 heterocycles. The Balaban J connectivity index is 1.55. The van der Waals surface area contributed by atoms with Crippen LogP contribution in [0.25, 0.3) is 11.4 Å². The average Bonchev–Trinajstić information content (AvgIpc) is 3.28. The lowest BCUT2D eigenvalue weighted by Gasteiger charge is -2.21. The van der Waals surface area contributed by atoms with Crippen LogP contribution in [-0.2, 0) is 16.9 Å². The molecule has 0 saturated carbocycles. The summed E-state index contributed by atoms with van der Waals surface area (Å²) < 4.78 is 18.2. The van der Waals surface area contributed by atoms with E-state index >= 15 is 0 Å². The van der Waals surface area contributed by atoms with Gasteiger partial charge in [0.05, 0.1) is 11.6 Å². The zero-order valence-corrected chi connectivity index (χ0v) is 15.2. The lowest BCUT2D eigenvalue weighted by Crippen LogP contribution is -2.40. The molecule has 1 atom stereocenters. The summed E-state index contributed by atoms with van der Waals surface area (Å²) in [5.74, 6) is -0.577. The summed E-state index contributed by atoms with van der Waals surface area (Å²) in [6, 6.07) is 13.4. The number of aromatic nitrogens is 2. The monoisotopic (exact) mass is 391 g/mol. The Morgan fingerprint density at radius 2 is 1.86 bits per heavy atom. The molecule has 0 bridgehead atoms. The molecule has 9 heteroatoms. The van der Waals surface area contributed by atoms with E-state index in [1.165, 1.54) is 24.3 Å². The molecule has 2 aromatic carbocycles. The highest BCUT2D eigenvalue weighted by atomic mass is 19.1. The van der Waals surface area contributed by atoms with Crippen molar-refractivity contribution in [3.05, 3.63) is 71.4 Å². The van der Waals surface area contributed by atoms with Gasteiger partial charge >= 0.3 is 6.03 Å². The predicted octanol–water partition coefficient (Wildman–Crippen LogP) is 2.71. The molecule has 29 heavy (non-hydrogen) atoms. The summed E-state index contributed by atoms with van der Waals surface area (Å²) in [4.78, 5) is 30.5. The largest absolute Gasteiger partial charge is 0.337 e. The summed E-state index contributed by atoms with van der Waals surface area (Å²) in [5.41, 5.74) is 0.270. The van der Waals surface area contributed by atoms with E-state index in [-0.39, 0.29) is 24.1 Å². The van der Waals surface area contributed by atoms with Crippen LogP contribution in [0.1, 0.15) is 23.9 Å². The minimum Gasteiger partial charge on any atom is -0.337 e. The van der Waals surface area contributed by atoms with Crippen molar-refractivity contribution in [1.82, 2.24) is 20.4 Å². The third kappa shape index (κ3) is 3.21. The van der Waals surface area contributed by atoms with Crippen LogP contribution in [-0.4, -0.2) is 27.0 Å². The Hall–Kier alpha value is -4.06. The van der Waals surface area contributed by atoms with Gasteiger partial charge in [0, 0.05) is 5.56 Å². The van der Waals surface area contributed by atoms with Crippen LogP contribution >= 0.6 is 0 Å². The smallest absolute Gasteiger partial charge is 0.325 e.